The van der Waals surface area contributed by atoms with Gasteiger partial charge in [0.15, 0.2) is 12.4 Å². The van der Waals surface area contributed by atoms with E-state index < -0.39 is 17.7 Å². The lowest BCUT2D eigenvalue weighted by atomic mass is 10.2. The first kappa shape index (κ1) is 20.0. The van der Waals surface area contributed by atoms with Crippen LogP contribution in [0.4, 0.5) is 5.69 Å². The Bertz CT molecular complexity index is 1000. The van der Waals surface area contributed by atoms with Gasteiger partial charge in [-0.1, -0.05) is 23.7 Å². The van der Waals surface area contributed by atoms with Gasteiger partial charge in [-0.3, -0.25) is 25.2 Å². The highest BCUT2D eigenvalue weighted by Crippen LogP contribution is 2.22. The minimum atomic E-state index is -0.555. The summed E-state index contributed by atoms with van der Waals surface area (Å²) >= 11 is 5.93. The molecule has 0 aliphatic heterocycles. The van der Waals surface area contributed by atoms with Gasteiger partial charge in [0.2, 0.25) is 0 Å². The molecule has 0 atom stereocenters. The van der Waals surface area contributed by atoms with Gasteiger partial charge in [-0.25, -0.2) is 0 Å². The largest absolute Gasteiger partial charge is 0.482 e. The van der Waals surface area contributed by atoms with E-state index in [1.54, 1.807) is 42.5 Å². The van der Waals surface area contributed by atoms with Crippen molar-refractivity contribution in [2.45, 2.75) is 0 Å². The number of anilines is 1. The summed E-state index contributed by atoms with van der Waals surface area (Å²) in [6.07, 6.45) is 1.40. The Hall–Kier alpha value is -3.78. The van der Waals surface area contributed by atoms with Crippen molar-refractivity contribution in [2.24, 2.45) is 0 Å². The number of ether oxygens (including phenoxy) is 1. The number of rotatable bonds is 6. The Morgan fingerprint density at radius 2 is 1.66 bits per heavy atom. The molecule has 0 saturated heterocycles. The van der Waals surface area contributed by atoms with Gasteiger partial charge in [0.1, 0.15) is 5.75 Å². The number of benzene rings is 2. The SMILES string of the molecule is O=C(COc1ccccc1Cl)NNC(=O)c1ccc(NC(=O)c2ccco2)cc1. The fourth-order valence-electron chi connectivity index (χ4n) is 2.25. The predicted molar refractivity (Wildman–Crippen MR) is 106 cm³/mol. The van der Waals surface area contributed by atoms with Crippen molar-refractivity contribution >= 4 is 35.0 Å². The highest BCUT2D eigenvalue weighted by atomic mass is 35.5. The molecule has 0 unspecified atom stereocenters. The van der Waals surface area contributed by atoms with Gasteiger partial charge in [-0.05, 0) is 48.5 Å². The Kier molecular flexibility index (Phi) is 6.49. The number of para-hydroxylation sites is 1. The van der Waals surface area contributed by atoms with Crippen LogP contribution in [0.5, 0.6) is 5.75 Å². The monoisotopic (exact) mass is 413 g/mol. The number of carbonyl (C=O) groups is 3. The van der Waals surface area contributed by atoms with Gasteiger partial charge in [0.05, 0.1) is 11.3 Å². The third-order valence-electron chi connectivity index (χ3n) is 3.66. The normalized spacial score (nSPS) is 10.1. The van der Waals surface area contributed by atoms with Crippen LogP contribution in [0.2, 0.25) is 5.02 Å². The van der Waals surface area contributed by atoms with E-state index in [9.17, 15) is 14.4 Å². The number of nitrogens with one attached hydrogen (secondary N) is 3. The van der Waals surface area contributed by atoms with Crippen LogP contribution in [0.3, 0.4) is 0 Å². The first-order valence-corrected chi connectivity index (χ1v) is 8.82. The lowest BCUT2D eigenvalue weighted by Crippen LogP contribution is -2.43. The zero-order chi connectivity index (χ0) is 20.6. The molecule has 0 saturated carbocycles. The van der Waals surface area contributed by atoms with Crippen LogP contribution in [-0.2, 0) is 4.79 Å². The molecule has 3 amide bonds. The van der Waals surface area contributed by atoms with Gasteiger partial charge in [0, 0.05) is 11.3 Å². The molecule has 3 N–H and O–H groups in total. The summed E-state index contributed by atoms with van der Waals surface area (Å²) < 4.78 is 10.3. The van der Waals surface area contributed by atoms with Gasteiger partial charge < -0.3 is 14.5 Å². The second-order valence-corrected chi connectivity index (χ2v) is 6.14. The maximum atomic E-state index is 12.1. The van der Waals surface area contributed by atoms with Crippen molar-refractivity contribution < 1.29 is 23.5 Å². The maximum Gasteiger partial charge on any atom is 0.291 e. The van der Waals surface area contributed by atoms with Gasteiger partial charge >= 0.3 is 0 Å². The number of hydrazine groups is 1. The summed E-state index contributed by atoms with van der Waals surface area (Å²) in [5.41, 5.74) is 5.30. The third kappa shape index (κ3) is 5.60. The summed E-state index contributed by atoms with van der Waals surface area (Å²) in [6, 6.07) is 16.0. The van der Waals surface area contributed by atoms with E-state index >= 15 is 0 Å². The molecular weight excluding hydrogens is 398 g/mol. The van der Waals surface area contributed by atoms with Crippen molar-refractivity contribution in [3.05, 3.63) is 83.3 Å². The van der Waals surface area contributed by atoms with Crippen molar-refractivity contribution in [1.29, 1.82) is 0 Å². The molecule has 0 radical (unpaired) electrons. The highest BCUT2D eigenvalue weighted by Gasteiger charge is 2.11. The molecular formula is C20H16ClN3O5. The first-order chi connectivity index (χ1) is 14.0. The van der Waals surface area contributed by atoms with Crippen LogP contribution in [0.25, 0.3) is 0 Å². The van der Waals surface area contributed by atoms with Crippen molar-refractivity contribution in [3.63, 3.8) is 0 Å². The lowest BCUT2D eigenvalue weighted by Gasteiger charge is -2.10. The summed E-state index contributed by atoms with van der Waals surface area (Å²) in [4.78, 5) is 35.8. The van der Waals surface area contributed by atoms with E-state index in [0.717, 1.165) is 0 Å². The molecule has 1 aromatic heterocycles. The fraction of sp³-hybridized carbons (Fsp3) is 0.0500. The maximum absolute atomic E-state index is 12.1. The zero-order valence-electron chi connectivity index (χ0n) is 15.0. The van der Waals surface area contributed by atoms with E-state index in [1.165, 1.54) is 24.5 Å². The lowest BCUT2D eigenvalue weighted by molar-refractivity contribution is -0.123. The average molecular weight is 414 g/mol. The number of hydrogen-bond acceptors (Lipinski definition) is 5. The van der Waals surface area contributed by atoms with E-state index in [-0.39, 0.29) is 17.9 Å². The zero-order valence-corrected chi connectivity index (χ0v) is 15.7. The van der Waals surface area contributed by atoms with Crippen LogP contribution in [0.1, 0.15) is 20.9 Å². The van der Waals surface area contributed by atoms with E-state index in [4.69, 9.17) is 20.8 Å². The van der Waals surface area contributed by atoms with Gasteiger partial charge in [0.25, 0.3) is 17.7 Å². The van der Waals surface area contributed by atoms with Gasteiger partial charge in [-0.2, -0.15) is 0 Å². The fourth-order valence-corrected chi connectivity index (χ4v) is 2.44. The molecule has 8 nitrogen and oxygen atoms in total. The van der Waals surface area contributed by atoms with Gasteiger partial charge in [-0.15, -0.1) is 0 Å². The average Bonchev–Trinajstić information content (AvgIpc) is 3.27. The van der Waals surface area contributed by atoms with Crippen LogP contribution in [0.15, 0.2) is 71.3 Å². The summed E-state index contributed by atoms with van der Waals surface area (Å²) in [7, 11) is 0. The minimum Gasteiger partial charge on any atom is -0.482 e. The summed E-state index contributed by atoms with van der Waals surface area (Å²) in [5.74, 6) is -0.949. The highest BCUT2D eigenvalue weighted by molar-refractivity contribution is 6.32. The summed E-state index contributed by atoms with van der Waals surface area (Å²) in [6.45, 7) is -0.318. The quantitative estimate of drug-likeness (QED) is 0.538. The van der Waals surface area contributed by atoms with Crippen molar-refractivity contribution in [3.8, 4) is 5.75 Å². The molecule has 3 rings (SSSR count). The van der Waals surface area contributed by atoms with E-state index in [1.807, 2.05) is 0 Å². The third-order valence-corrected chi connectivity index (χ3v) is 3.97. The van der Waals surface area contributed by atoms with E-state index in [2.05, 4.69) is 16.2 Å². The number of halogens is 1. The molecule has 9 heteroatoms. The standard InChI is InChI=1S/C20H16ClN3O5/c21-15-4-1-2-5-16(15)29-12-18(25)23-24-19(26)13-7-9-14(10-8-13)22-20(27)17-6-3-11-28-17/h1-11H,12H2,(H,22,27)(H,23,25)(H,24,26). The number of furan rings is 1. The predicted octanol–water partition coefficient (Wildman–Crippen LogP) is 3.03. The second-order valence-electron chi connectivity index (χ2n) is 5.73. The Morgan fingerprint density at radius 1 is 0.897 bits per heavy atom. The Balaban J connectivity index is 1.46. The molecule has 1 heterocycles. The molecule has 3 aromatic rings. The molecule has 148 valence electrons. The first-order valence-electron chi connectivity index (χ1n) is 8.44. The molecule has 0 spiro atoms. The molecule has 2 aromatic carbocycles. The topological polar surface area (TPSA) is 110 Å². The van der Waals surface area contributed by atoms with Crippen LogP contribution in [0, 0.1) is 0 Å². The number of carbonyl (C=O) groups excluding carboxylic acids is 3. The number of amides is 3. The smallest absolute Gasteiger partial charge is 0.291 e. The van der Waals surface area contributed by atoms with Crippen molar-refractivity contribution in [2.75, 3.05) is 11.9 Å². The van der Waals surface area contributed by atoms with Crippen LogP contribution >= 0.6 is 11.6 Å². The second kappa shape index (κ2) is 9.43. The number of hydrogen-bond donors (Lipinski definition) is 3. The molecule has 0 aliphatic rings. The minimum absolute atomic E-state index is 0.175. The van der Waals surface area contributed by atoms with Crippen molar-refractivity contribution in [1.82, 2.24) is 10.9 Å². The van der Waals surface area contributed by atoms with Crippen LogP contribution < -0.4 is 20.9 Å². The molecule has 0 bridgehead atoms. The molecule has 0 aliphatic carbocycles. The molecule has 0 fully saturated rings. The van der Waals surface area contributed by atoms with Crippen LogP contribution in [-0.4, -0.2) is 24.3 Å². The Morgan fingerprint density at radius 3 is 2.34 bits per heavy atom. The summed E-state index contributed by atoms with van der Waals surface area (Å²) in [5, 5.41) is 3.01. The molecule has 29 heavy (non-hydrogen) atoms. The Labute approximate surface area is 170 Å². The van der Waals surface area contributed by atoms with E-state index in [0.29, 0.717) is 16.5 Å².